The zero-order valence-corrected chi connectivity index (χ0v) is 20.1. The Hall–Kier alpha value is -2.71. The van der Waals surface area contributed by atoms with Gasteiger partial charge in [0, 0.05) is 38.2 Å². The maximum Gasteiger partial charge on any atom is 0.263 e. The number of hydrogen-bond acceptors (Lipinski definition) is 5. The standard InChI is InChI=1S/C25H32N4O3S/c1-18-13-19(2)16-29(15-18)17-21-9-7-20(8-10-21)14-27-24(30)11-12-26-25-22-5-3-4-6-23(22)33(31,32)28-25/h3-10,18-19H,11-17H2,1-2H3,(H,26,28)(H,27,30). The van der Waals surface area contributed by atoms with Crippen molar-refractivity contribution in [1.29, 1.82) is 0 Å². The molecule has 0 saturated carbocycles. The van der Waals surface area contributed by atoms with Gasteiger partial charge in [0.2, 0.25) is 5.91 Å². The molecular weight excluding hydrogens is 436 g/mol. The molecule has 0 aromatic heterocycles. The molecule has 2 heterocycles. The number of aliphatic imine (C=N–C) groups is 1. The summed E-state index contributed by atoms with van der Waals surface area (Å²) in [5.41, 5.74) is 2.89. The van der Waals surface area contributed by atoms with E-state index in [0.717, 1.165) is 37.0 Å². The van der Waals surface area contributed by atoms with Crippen LogP contribution >= 0.6 is 0 Å². The Balaban J connectivity index is 1.23. The number of amidine groups is 1. The highest BCUT2D eigenvalue weighted by molar-refractivity contribution is 7.90. The molecule has 2 aliphatic heterocycles. The molecule has 2 N–H and O–H groups in total. The van der Waals surface area contributed by atoms with Gasteiger partial charge in [-0.15, -0.1) is 0 Å². The third kappa shape index (κ3) is 6.00. The van der Waals surface area contributed by atoms with E-state index in [4.69, 9.17) is 0 Å². The fourth-order valence-corrected chi connectivity index (χ4v) is 6.00. The average Bonchev–Trinajstić information content (AvgIpc) is 3.03. The SMILES string of the molecule is CC1CC(C)CN(Cc2ccc(CNC(=O)CCN=C3NS(=O)(=O)c4ccccc43)cc2)C1. The molecule has 2 aliphatic rings. The predicted molar refractivity (Wildman–Crippen MR) is 129 cm³/mol. The summed E-state index contributed by atoms with van der Waals surface area (Å²) in [6.07, 6.45) is 1.50. The van der Waals surface area contributed by atoms with E-state index in [0.29, 0.717) is 17.9 Å². The summed E-state index contributed by atoms with van der Waals surface area (Å²) >= 11 is 0. The smallest absolute Gasteiger partial charge is 0.263 e. The Morgan fingerprint density at radius 3 is 2.45 bits per heavy atom. The van der Waals surface area contributed by atoms with Crippen LogP contribution in [0.25, 0.3) is 0 Å². The minimum Gasteiger partial charge on any atom is -0.352 e. The lowest BCUT2D eigenvalue weighted by Crippen LogP contribution is -2.38. The zero-order chi connectivity index (χ0) is 23.4. The summed E-state index contributed by atoms with van der Waals surface area (Å²) in [7, 11) is -3.55. The van der Waals surface area contributed by atoms with E-state index in [9.17, 15) is 13.2 Å². The van der Waals surface area contributed by atoms with E-state index in [1.54, 1.807) is 24.3 Å². The summed E-state index contributed by atoms with van der Waals surface area (Å²) in [5, 5.41) is 2.91. The Labute approximate surface area is 196 Å². The van der Waals surface area contributed by atoms with Crippen molar-refractivity contribution in [3.63, 3.8) is 0 Å². The maximum absolute atomic E-state index is 12.2. The van der Waals surface area contributed by atoms with Crippen LogP contribution in [0.3, 0.4) is 0 Å². The van der Waals surface area contributed by atoms with E-state index < -0.39 is 10.0 Å². The third-order valence-corrected chi connectivity index (χ3v) is 7.53. The van der Waals surface area contributed by atoms with Crippen molar-refractivity contribution in [2.24, 2.45) is 16.8 Å². The first-order valence-corrected chi connectivity index (χ1v) is 13.0. The Morgan fingerprint density at radius 2 is 1.73 bits per heavy atom. The Kier molecular flexibility index (Phi) is 7.14. The normalized spacial score (nSPS) is 23.2. The first-order valence-electron chi connectivity index (χ1n) is 11.5. The van der Waals surface area contributed by atoms with Gasteiger partial charge in [-0.3, -0.25) is 19.4 Å². The molecule has 1 saturated heterocycles. The van der Waals surface area contributed by atoms with Gasteiger partial charge in [-0.1, -0.05) is 50.2 Å². The summed E-state index contributed by atoms with van der Waals surface area (Å²) in [6.45, 7) is 8.59. The van der Waals surface area contributed by atoms with E-state index in [1.807, 2.05) is 0 Å². The molecular formula is C25H32N4O3S. The fraction of sp³-hybridized carbons (Fsp3) is 0.440. The van der Waals surface area contributed by atoms with Crippen LogP contribution in [-0.2, 0) is 27.9 Å². The first kappa shape index (κ1) is 23.4. The van der Waals surface area contributed by atoms with Gasteiger partial charge < -0.3 is 5.32 Å². The van der Waals surface area contributed by atoms with Crippen LogP contribution in [0.1, 0.15) is 43.4 Å². The Morgan fingerprint density at radius 1 is 1.06 bits per heavy atom. The molecule has 4 rings (SSSR count). The molecule has 2 atom stereocenters. The van der Waals surface area contributed by atoms with Crippen molar-refractivity contribution in [1.82, 2.24) is 14.9 Å². The number of hydrogen-bond donors (Lipinski definition) is 2. The van der Waals surface area contributed by atoms with Crippen LogP contribution in [0.2, 0.25) is 0 Å². The number of likely N-dealkylation sites (tertiary alicyclic amines) is 1. The molecule has 8 heteroatoms. The number of rotatable bonds is 7. The number of carbonyl (C=O) groups excluding carboxylic acids is 1. The quantitative estimate of drug-likeness (QED) is 0.654. The molecule has 33 heavy (non-hydrogen) atoms. The largest absolute Gasteiger partial charge is 0.352 e. The van der Waals surface area contributed by atoms with Crippen molar-refractivity contribution < 1.29 is 13.2 Å². The molecule has 0 spiro atoms. The second-order valence-electron chi connectivity index (χ2n) is 9.32. The van der Waals surface area contributed by atoms with Crippen LogP contribution < -0.4 is 10.0 Å². The van der Waals surface area contributed by atoms with Gasteiger partial charge in [-0.2, -0.15) is 0 Å². The fourth-order valence-electron chi connectivity index (χ4n) is 4.75. The molecule has 0 radical (unpaired) electrons. The van der Waals surface area contributed by atoms with Crippen molar-refractivity contribution >= 4 is 21.8 Å². The van der Waals surface area contributed by atoms with Crippen LogP contribution in [0.15, 0.2) is 58.4 Å². The summed E-state index contributed by atoms with van der Waals surface area (Å²) in [4.78, 5) is 19.3. The van der Waals surface area contributed by atoms with Crippen LogP contribution in [0, 0.1) is 11.8 Å². The van der Waals surface area contributed by atoms with Gasteiger partial charge in [-0.25, -0.2) is 8.42 Å². The highest BCUT2D eigenvalue weighted by atomic mass is 32.2. The first-order chi connectivity index (χ1) is 15.8. The second-order valence-corrected chi connectivity index (χ2v) is 11.0. The molecule has 2 aromatic rings. The monoisotopic (exact) mass is 468 g/mol. The van der Waals surface area contributed by atoms with Gasteiger partial charge in [0.15, 0.2) is 0 Å². The predicted octanol–water partition coefficient (Wildman–Crippen LogP) is 2.91. The van der Waals surface area contributed by atoms with Crippen LogP contribution in [0.5, 0.6) is 0 Å². The Bertz CT molecular complexity index is 1120. The van der Waals surface area contributed by atoms with Gasteiger partial charge in [-0.05, 0) is 41.5 Å². The van der Waals surface area contributed by atoms with Crippen molar-refractivity contribution in [2.45, 2.75) is 44.7 Å². The lowest BCUT2D eigenvalue weighted by atomic mass is 9.91. The highest BCUT2D eigenvalue weighted by Crippen LogP contribution is 2.23. The molecule has 176 valence electrons. The van der Waals surface area contributed by atoms with E-state index in [2.05, 4.69) is 58.0 Å². The van der Waals surface area contributed by atoms with E-state index >= 15 is 0 Å². The number of carbonyl (C=O) groups is 1. The number of sulfonamides is 1. The van der Waals surface area contributed by atoms with E-state index in [-0.39, 0.29) is 23.8 Å². The number of benzene rings is 2. The molecule has 0 bridgehead atoms. The molecule has 7 nitrogen and oxygen atoms in total. The van der Waals surface area contributed by atoms with Crippen molar-refractivity contribution in [3.8, 4) is 0 Å². The van der Waals surface area contributed by atoms with Gasteiger partial charge in [0.05, 0.1) is 11.4 Å². The lowest BCUT2D eigenvalue weighted by molar-refractivity contribution is -0.121. The lowest BCUT2D eigenvalue weighted by Gasteiger charge is -2.35. The minimum absolute atomic E-state index is 0.117. The number of nitrogens with one attached hydrogen (secondary N) is 2. The molecule has 1 amide bonds. The van der Waals surface area contributed by atoms with Crippen LogP contribution in [-0.4, -0.2) is 44.7 Å². The van der Waals surface area contributed by atoms with Gasteiger partial charge >= 0.3 is 0 Å². The van der Waals surface area contributed by atoms with Crippen molar-refractivity contribution in [3.05, 3.63) is 65.2 Å². The number of fused-ring (bicyclic) bond motifs is 1. The number of piperidine rings is 1. The number of nitrogens with zero attached hydrogens (tertiary/aromatic N) is 2. The molecule has 2 aromatic carbocycles. The number of amides is 1. The van der Waals surface area contributed by atoms with Gasteiger partial charge in [0.25, 0.3) is 10.0 Å². The zero-order valence-electron chi connectivity index (χ0n) is 19.3. The summed E-state index contributed by atoms with van der Waals surface area (Å²) in [5.74, 6) is 1.68. The third-order valence-electron chi connectivity index (χ3n) is 6.13. The molecule has 0 aliphatic carbocycles. The van der Waals surface area contributed by atoms with Gasteiger partial charge in [0.1, 0.15) is 5.84 Å². The second kappa shape index (κ2) is 10.1. The molecule has 1 fully saturated rings. The van der Waals surface area contributed by atoms with E-state index in [1.165, 1.54) is 12.0 Å². The average molecular weight is 469 g/mol. The summed E-state index contributed by atoms with van der Waals surface area (Å²) < 4.78 is 26.7. The minimum atomic E-state index is -3.55. The molecule has 2 unspecified atom stereocenters. The maximum atomic E-state index is 12.2. The summed E-state index contributed by atoms with van der Waals surface area (Å²) in [6, 6.07) is 15.1. The highest BCUT2D eigenvalue weighted by Gasteiger charge is 2.30. The topological polar surface area (TPSA) is 90.9 Å². The van der Waals surface area contributed by atoms with Crippen LogP contribution in [0.4, 0.5) is 0 Å². The van der Waals surface area contributed by atoms with Crippen molar-refractivity contribution in [2.75, 3.05) is 19.6 Å².